The first kappa shape index (κ1) is 12.4. The molecule has 1 aromatic carbocycles. The van der Waals surface area contributed by atoms with E-state index >= 15 is 0 Å². The summed E-state index contributed by atoms with van der Waals surface area (Å²) in [5.41, 5.74) is 0.0825. The Morgan fingerprint density at radius 3 is 2.88 bits per heavy atom. The number of hydrogen-bond donors (Lipinski definition) is 0. The maximum atomic E-state index is 13.5. The predicted octanol–water partition coefficient (Wildman–Crippen LogP) is 3.53. The van der Waals surface area contributed by atoms with Gasteiger partial charge in [0, 0.05) is 23.2 Å². The van der Waals surface area contributed by atoms with Gasteiger partial charge in [-0.1, -0.05) is 15.9 Å². The molecule has 2 rings (SSSR count). The Labute approximate surface area is 107 Å². The minimum Gasteiger partial charge on any atom is -0.300 e. The highest BCUT2D eigenvalue weighted by Crippen LogP contribution is 2.27. The smallest absolute Gasteiger partial charge is 0.169 e. The topological polar surface area (TPSA) is 34.1 Å². The molecule has 1 aliphatic carbocycles. The van der Waals surface area contributed by atoms with Crippen LogP contribution in [-0.4, -0.2) is 11.6 Å². The van der Waals surface area contributed by atoms with Crippen molar-refractivity contribution >= 4 is 27.5 Å². The summed E-state index contributed by atoms with van der Waals surface area (Å²) in [6.07, 6.45) is 2.21. The van der Waals surface area contributed by atoms with Gasteiger partial charge in [0.1, 0.15) is 11.6 Å². The minimum absolute atomic E-state index is 0.0825. The SMILES string of the molecule is O=C1CCCC(C(=O)c2cc(Br)ccc2F)C1. The van der Waals surface area contributed by atoms with E-state index in [1.54, 1.807) is 6.07 Å². The van der Waals surface area contributed by atoms with E-state index in [4.69, 9.17) is 0 Å². The molecule has 1 aromatic rings. The van der Waals surface area contributed by atoms with E-state index in [9.17, 15) is 14.0 Å². The normalized spacial score (nSPS) is 20.4. The molecule has 90 valence electrons. The molecular weight excluding hydrogens is 287 g/mol. The molecule has 0 aromatic heterocycles. The van der Waals surface area contributed by atoms with Gasteiger partial charge in [0.2, 0.25) is 0 Å². The average molecular weight is 299 g/mol. The summed E-state index contributed by atoms with van der Waals surface area (Å²) in [5, 5.41) is 0. The molecule has 1 unspecified atom stereocenters. The number of carbonyl (C=O) groups excluding carboxylic acids is 2. The van der Waals surface area contributed by atoms with Crippen molar-refractivity contribution in [2.24, 2.45) is 5.92 Å². The Kier molecular flexibility index (Phi) is 3.72. The van der Waals surface area contributed by atoms with E-state index in [0.717, 1.165) is 6.42 Å². The molecular formula is C13H12BrFO2. The monoisotopic (exact) mass is 298 g/mol. The van der Waals surface area contributed by atoms with E-state index in [1.165, 1.54) is 12.1 Å². The van der Waals surface area contributed by atoms with Crippen LogP contribution in [0, 0.1) is 11.7 Å². The Bertz CT molecular complexity index is 470. The number of rotatable bonds is 2. The van der Waals surface area contributed by atoms with Gasteiger partial charge in [-0.2, -0.15) is 0 Å². The van der Waals surface area contributed by atoms with Crippen molar-refractivity contribution in [2.45, 2.75) is 25.7 Å². The molecule has 1 atom stereocenters. The molecule has 1 fully saturated rings. The minimum atomic E-state index is -0.517. The molecule has 0 N–H and O–H groups in total. The number of halogens is 2. The first-order valence-electron chi connectivity index (χ1n) is 5.59. The van der Waals surface area contributed by atoms with Crippen molar-refractivity contribution in [1.29, 1.82) is 0 Å². The number of carbonyl (C=O) groups is 2. The van der Waals surface area contributed by atoms with E-state index in [-0.39, 0.29) is 29.5 Å². The highest BCUT2D eigenvalue weighted by atomic mass is 79.9. The fourth-order valence-electron chi connectivity index (χ4n) is 2.15. The largest absolute Gasteiger partial charge is 0.300 e. The van der Waals surface area contributed by atoms with E-state index in [0.29, 0.717) is 17.3 Å². The highest BCUT2D eigenvalue weighted by Gasteiger charge is 2.28. The molecule has 0 heterocycles. The average Bonchev–Trinajstić information content (AvgIpc) is 2.31. The summed E-state index contributed by atoms with van der Waals surface area (Å²) < 4.78 is 14.2. The van der Waals surface area contributed by atoms with Gasteiger partial charge in [-0.15, -0.1) is 0 Å². The summed E-state index contributed by atoms with van der Waals surface area (Å²) in [6.45, 7) is 0. The van der Waals surface area contributed by atoms with Crippen molar-refractivity contribution in [1.82, 2.24) is 0 Å². The molecule has 0 aliphatic heterocycles. The standard InChI is InChI=1S/C13H12BrFO2/c14-9-4-5-12(15)11(7-9)13(17)8-2-1-3-10(16)6-8/h4-5,7-8H,1-3,6H2. The zero-order valence-electron chi connectivity index (χ0n) is 9.21. The van der Waals surface area contributed by atoms with E-state index in [2.05, 4.69) is 15.9 Å². The third-order valence-corrected chi connectivity index (χ3v) is 3.54. The van der Waals surface area contributed by atoms with Gasteiger partial charge in [0.05, 0.1) is 5.56 Å². The Morgan fingerprint density at radius 1 is 1.41 bits per heavy atom. The van der Waals surface area contributed by atoms with Crippen LogP contribution in [0.25, 0.3) is 0 Å². The van der Waals surface area contributed by atoms with Crippen LogP contribution >= 0.6 is 15.9 Å². The number of benzene rings is 1. The fraction of sp³-hybridized carbons (Fsp3) is 0.385. The summed E-state index contributed by atoms with van der Waals surface area (Å²) in [7, 11) is 0. The van der Waals surface area contributed by atoms with Crippen molar-refractivity contribution in [3.8, 4) is 0 Å². The molecule has 0 bridgehead atoms. The van der Waals surface area contributed by atoms with Gasteiger partial charge in [-0.05, 0) is 31.0 Å². The van der Waals surface area contributed by atoms with Crippen molar-refractivity contribution in [3.63, 3.8) is 0 Å². The zero-order valence-corrected chi connectivity index (χ0v) is 10.8. The van der Waals surface area contributed by atoms with Crippen molar-refractivity contribution in [2.75, 3.05) is 0 Å². The third-order valence-electron chi connectivity index (χ3n) is 3.05. The second kappa shape index (κ2) is 5.08. The second-order valence-electron chi connectivity index (χ2n) is 4.32. The molecule has 1 aliphatic rings. The molecule has 17 heavy (non-hydrogen) atoms. The molecule has 4 heteroatoms. The molecule has 1 saturated carbocycles. The Morgan fingerprint density at radius 2 is 2.18 bits per heavy atom. The van der Waals surface area contributed by atoms with Crippen LogP contribution in [-0.2, 0) is 4.79 Å². The van der Waals surface area contributed by atoms with Gasteiger partial charge in [-0.25, -0.2) is 4.39 Å². The van der Waals surface area contributed by atoms with Crippen LogP contribution in [0.1, 0.15) is 36.0 Å². The molecule has 0 saturated heterocycles. The molecule has 2 nitrogen and oxygen atoms in total. The fourth-order valence-corrected chi connectivity index (χ4v) is 2.52. The van der Waals surface area contributed by atoms with Crippen molar-refractivity contribution in [3.05, 3.63) is 34.1 Å². The highest BCUT2D eigenvalue weighted by molar-refractivity contribution is 9.10. The Balaban J connectivity index is 2.24. The summed E-state index contributed by atoms with van der Waals surface area (Å²) >= 11 is 3.21. The molecule has 0 spiro atoms. The first-order valence-corrected chi connectivity index (χ1v) is 6.38. The van der Waals surface area contributed by atoms with Crippen LogP contribution in [0.5, 0.6) is 0 Å². The van der Waals surface area contributed by atoms with Gasteiger partial charge in [-0.3, -0.25) is 9.59 Å². The van der Waals surface area contributed by atoms with Crippen LogP contribution in [0.3, 0.4) is 0 Å². The van der Waals surface area contributed by atoms with Crippen LogP contribution in [0.15, 0.2) is 22.7 Å². The quantitative estimate of drug-likeness (QED) is 0.783. The van der Waals surface area contributed by atoms with E-state index < -0.39 is 5.82 Å². The number of Topliss-reactive ketones (excluding diaryl/α,β-unsaturated/α-hetero) is 2. The van der Waals surface area contributed by atoms with E-state index in [1.807, 2.05) is 0 Å². The number of hydrogen-bond acceptors (Lipinski definition) is 2. The second-order valence-corrected chi connectivity index (χ2v) is 5.24. The van der Waals surface area contributed by atoms with Gasteiger partial charge in [0.25, 0.3) is 0 Å². The lowest BCUT2D eigenvalue weighted by molar-refractivity contribution is -0.121. The van der Waals surface area contributed by atoms with Gasteiger partial charge >= 0.3 is 0 Å². The summed E-state index contributed by atoms with van der Waals surface area (Å²) in [5.74, 6) is -1.02. The summed E-state index contributed by atoms with van der Waals surface area (Å²) in [4.78, 5) is 23.4. The maximum Gasteiger partial charge on any atom is 0.169 e. The predicted molar refractivity (Wildman–Crippen MR) is 65.4 cm³/mol. The lowest BCUT2D eigenvalue weighted by Gasteiger charge is -2.19. The lowest BCUT2D eigenvalue weighted by atomic mass is 9.83. The first-order chi connectivity index (χ1) is 8.08. The Hall–Kier alpha value is -1.03. The lowest BCUT2D eigenvalue weighted by Crippen LogP contribution is -2.23. The summed E-state index contributed by atoms with van der Waals surface area (Å²) in [6, 6.07) is 4.30. The molecule has 0 amide bonds. The van der Waals surface area contributed by atoms with Gasteiger partial charge < -0.3 is 0 Å². The van der Waals surface area contributed by atoms with Gasteiger partial charge in [0.15, 0.2) is 5.78 Å². The van der Waals surface area contributed by atoms with Crippen LogP contribution in [0.4, 0.5) is 4.39 Å². The number of ketones is 2. The maximum absolute atomic E-state index is 13.5. The zero-order chi connectivity index (χ0) is 12.4. The van der Waals surface area contributed by atoms with Crippen LogP contribution in [0.2, 0.25) is 0 Å². The third kappa shape index (κ3) is 2.80. The van der Waals surface area contributed by atoms with Crippen LogP contribution < -0.4 is 0 Å². The van der Waals surface area contributed by atoms with Crippen molar-refractivity contribution < 1.29 is 14.0 Å². The molecule has 0 radical (unpaired) electrons.